The van der Waals surface area contributed by atoms with Crippen LogP contribution in [0.15, 0.2) is 30.3 Å². The summed E-state index contributed by atoms with van der Waals surface area (Å²) in [6, 6.07) is 8.44. The Bertz CT molecular complexity index is 776. The number of aliphatic hydroxyl groups is 1. The van der Waals surface area contributed by atoms with Gasteiger partial charge in [-0.25, -0.2) is 0 Å². The Kier molecular flexibility index (Phi) is 4.27. The molecule has 1 aliphatic carbocycles. The predicted molar refractivity (Wildman–Crippen MR) is 90.1 cm³/mol. The number of aliphatic hydroxyl groups excluding tert-OH is 1. The first-order chi connectivity index (χ1) is 10.4. The highest BCUT2D eigenvalue weighted by Gasteiger charge is 2.30. The molecule has 0 spiro atoms. The molecule has 1 amide bonds. The van der Waals surface area contributed by atoms with Crippen LogP contribution in [0.25, 0.3) is 11.1 Å². The molecule has 1 aliphatic rings. The molecule has 0 heterocycles. The third-order valence-electron chi connectivity index (χ3n) is 3.46. The molecule has 0 radical (unpaired) electrons. The topological polar surface area (TPSA) is 49.3 Å². The fraction of sp³-hybridized carbons (Fsp3) is 0.133. The van der Waals surface area contributed by atoms with Crippen LogP contribution in [0, 0.1) is 0 Å². The highest BCUT2D eigenvalue weighted by molar-refractivity contribution is 6.54. The molecule has 3 nitrogen and oxygen atoms in total. The van der Waals surface area contributed by atoms with Crippen LogP contribution in [-0.2, 0) is 4.79 Å². The van der Waals surface area contributed by atoms with Gasteiger partial charge >= 0.3 is 0 Å². The summed E-state index contributed by atoms with van der Waals surface area (Å²) >= 11 is 23.2. The van der Waals surface area contributed by atoms with E-state index in [1.165, 1.54) is 0 Å². The van der Waals surface area contributed by atoms with E-state index in [4.69, 9.17) is 46.4 Å². The van der Waals surface area contributed by atoms with Crippen molar-refractivity contribution < 1.29 is 9.90 Å². The molecule has 0 fully saturated rings. The highest BCUT2D eigenvalue weighted by atomic mass is 35.5. The van der Waals surface area contributed by atoms with Crippen LogP contribution in [0.3, 0.4) is 0 Å². The van der Waals surface area contributed by atoms with Crippen LogP contribution in [0.2, 0.25) is 10.0 Å². The molecule has 3 rings (SSSR count). The molecular formula is C15H9Cl4NO2. The molecule has 0 aliphatic heterocycles. The zero-order valence-electron chi connectivity index (χ0n) is 10.9. The van der Waals surface area contributed by atoms with E-state index in [0.29, 0.717) is 32.4 Å². The van der Waals surface area contributed by atoms with Crippen molar-refractivity contribution in [2.75, 3.05) is 5.32 Å². The van der Waals surface area contributed by atoms with Crippen molar-refractivity contribution in [3.63, 3.8) is 0 Å². The van der Waals surface area contributed by atoms with Gasteiger partial charge in [-0.3, -0.25) is 4.79 Å². The molecule has 0 saturated heterocycles. The lowest BCUT2D eigenvalue weighted by Crippen LogP contribution is -2.19. The van der Waals surface area contributed by atoms with Crippen LogP contribution in [0.5, 0.6) is 0 Å². The molecule has 0 unspecified atom stereocenters. The SMILES string of the molecule is O=C(Nc1cc(Cl)cc2c1-c1ccc(Cl)cc1[C@@H]2O)C(Cl)Cl. The summed E-state index contributed by atoms with van der Waals surface area (Å²) in [4.78, 5) is 10.6. The van der Waals surface area contributed by atoms with Gasteiger partial charge in [-0.15, -0.1) is 0 Å². The second kappa shape index (κ2) is 5.91. The van der Waals surface area contributed by atoms with Gasteiger partial charge in [-0.1, -0.05) is 52.5 Å². The number of hydrogen-bond donors (Lipinski definition) is 2. The van der Waals surface area contributed by atoms with Crippen LogP contribution in [0.1, 0.15) is 17.2 Å². The Labute approximate surface area is 146 Å². The summed E-state index contributed by atoms with van der Waals surface area (Å²) in [6.07, 6.45) is -0.860. The van der Waals surface area contributed by atoms with Crippen molar-refractivity contribution in [1.29, 1.82) is 0 Å². The first kappa shape index (κ1) is 15.9. The molecule has 0 saturated carbocycles. The second-order valence-corrected chi connectivity index (χ2v) is 6.81. The molecule has 7 heteroatoms. The van der Waals surface area contributed by atoms with Crippen molar-refractivity contribution >= 4 is 58.0 Å². The number of hydrogen-bond acceptors (Lipinski definition) is 2. The van der Waals surface area contributed by atoms with Crippen molar-refractivity contribution in [2.45, 2.75) is 10.9 Å². The van der Waals surface area contributed by atoms with Crippen molar-refractivity contribution in [1.82, 2.24) is 0 Å². The van der Waals surface area contributed by atoms with Gasteiger partial charge in [-0.05, 0) is 41.0 Å². The molecule has 114 valence electrons. The van der Waals surface area contributed by atoms with Gasteiger partial charge in [0.2, 0.25) is 0 Å². The quantitative estimate of drug-likeness (QED) is 0.739. The van der Waals surface area contributed by atoms with Gasteiger partial charge in [-0.2, -0.15) is 0 Å². The lowest BCUT2D eigenvalue weighted by molar-refractivity contribution is -0.114. The van der Waals surface area contributed by atoms with E-state index in [1.807, 2.05) is 0 Å². The van der Waals surface area contributed by atoms with Gasteiger partial charge in [0, 0.05) is 15.6 Å². The van der Waals surface area contributed by atoms with Crippen LogP contribution in [0.4, 0.5) is 5.69 Å². The van der Waals surface area contributed by atoms with Gasteiger partial charge in [0.05, 0.1) is 5.69 Å². The number of nitrogens with one attached hydrogen (secondary N) is 1. The van der Waals surface area contributed by atoms with Gasteiger partial charge < -0.3 is 10.4 Å². The van der Waals surface area contributed by atoms with E-state index in [-0.39, 0.29) is 0 Å². The van der Waals surface area contributed by atoms with E-state index in [1.54, 1.807) is 30.3 Å². The Morgan fingerprint density at radius 1 is 1.09 bits per heavy atom. The molecule has 0 aromatic heterocycles. The first-order valence-corrected chi connectivity index (χ1v) is 7.91. The Hall–Kier alpha value is -0.970. The van der Waals surface area contributed by atoms with Crippen LogP contribution in [-0.4, -0.2) is 15.8 Å². The molecule has 2 N–H and O–H groups in total. The first-order valence-electron chi connectivity index (χ1n) is 6.29. The number of carbonyl (C=O) groups is 1. The fourth-order valence-corrected chi connectivity index (χ4v) is 3.10. The van der Waals surface area contributed by atoms with E-state index in [0.717, 1.165) is 5.56 Å². The summed E-state index contributed by atoms with van der Waals surface area (Å²) in [5, 5.41) is 14.0. The number of fused-ring (bicyclic) bond motifs is 3. The molecule has 22 heavy (non-hydrogen) atoms. The van der Waals surface area contributed by atoms with E-state index in [9.17, 15) is 9.90 Å². The molecule has 0 bridgehead atoms. The maximum atomic E-state index is 11.8. The third kappa shape index (κ3) is 2.68. The third-order valence-corrected chi connectivity index (χ3v) is 4.31. The lowest BCUT2D eigenvalue weighted by atomic mass is 10.0. The maximum Gasteiger partial charge on any atom is 0.257 e. The Morgan fingerprint density at radius 3 is 2.45 bits per heavy atom. The Balaban J connectivity index is 2.18. The minimum atomic E-state index is -1.20. The minimum absolute atomic E-state index is 0.382. The minimum Gasteiger partial charge on any atom is -0.384 e. The molecule has 2 aromatic rings. The summed E-state index contributed by atoms with van der Waals surface area (Å²) in [5.41, 5.74) is 3.17. The summed E-state index contributed by atoms with van der Waals surface area (Å²) < 4.78 is 0. The zero-order valence-corrected chi connectivity index (χ0v) is 13.9. The number of amides is 1. The lowest BCUT2D eigenvalue weighted by Gasteiger charge is -2.13. The number of benzene rings is 2. The van der Waals surface area contributed by atoms with E-state index in [2.05, 4.69) is 5.32 Å². The van der Waals surface area contributed by atoms with Gasteiger partial charge in [0.1, 0.15) is 6.10 Å². The van der Waals surface area contributed by atoms with Crippen molar-refractivity contribution in [2.24, 2.45) is 0 Å². The number of carbonyl (C=O) groups excluding carboxylic acids is 1. The smallest absolute Gasteiger partial charge is 0.257 e. The average molecular weight is 377 g/mol. The summed E-state index contributed by atoms with van der Waals surface area (Å²) in [5.74, 6) is -0.565. The van der Waals surface area contributed by atoms with Gasteiger partial charge in [0.15, 0.2) is 4.84 Å². The molecular weight excluding hydrogens is 368 g/mol. The van der Waals surface area contributed by atoms with Crippen LogP contribution >= 0.6 is 46.4 Å². The van der Waals surface area contributed by atoms with Crippen LogP contribution < -0.4 is 5.32 Å². The fourth-order valence-electron chi connectivity index (χ4n) is 2.59. The number of halogens is 4. The number of anilines is 1. The number of rotatable bonds is 2. The Morgan fingerprint density at radius 2 is 1.77 bits per heavy atom. The standard InChI is InChI=1S/C15H9Cl4NO2/c16-6-1-2-8-9(3-6)13(21)10-4-7(17)5-11(12(8)10)20-15(22)14(18)19/h1-5,13-14,21H,(H,20,22)/t13-/m0/s1. The molecule has 2 aromatic carbocycles. The highest BCUT2D eigenvalue weighted by Crippen LogP contribution is 2.49. The monoisotopic (exact) mass is 375 g/mol. The zero-order chi connectivity index (χ0) is 16.0. The number of alkyl halides is 2. The predicted octanol–water partition coefficient (Wildman–Crippen LogP) is 4.80. The normalized spacial score (nSPS) is 15.6. The van der Waals surface area contributed by atoms with Gasteiger partial charge in [0.25, 0.3) is 5.91 Å². The van der Waals surface area contributed by atoms with E-state index < -0.39 is 16.8 Å². The second-order valence-electron chi connectivity index (χ2n) is 4.84. The largest absolute Gasteiger partial charge is 0.384 e. The van der Waals surface area contributed by atoms with Crippen molar-refractivity contribution in [3.05, 3.63) is 51.5 Å². The van der Waals surface area contributed by atoms with Crippen molar-refractivity contribution in [3.8, 4) is 11.1 Å². The van der Waals surface area contributed by atoms with E-state index >= 15 is 0 Å². The summed E-state index contributed by atoms with van der Waals surface area (Å²) in [7, 11) is 0. The summed E-state index contributed by atoms with van der Waals surface area (Å²) in [6.45, 7) is 0. The molecule has 1 atom stereocenters. The maximum absolute atomic E-state index is 11.8. The average Bonchev–Trinajstić information content (AvgIpc) is 2.72.